The van der Waals surface area contributed by atoms with Crippen molar-refractivity contribution in [2.45, 2.75) is 59.1 Å². The van der Waals surface area contributed by atoms with Gasteiger partial charge in [-0.15, -0.1) is 0 Å². The van der Waals surface area contributed by atoms with Gasteiger partial charge in [-0.2, -0.15) is 0 Å². The zero-order valence-corrected chi connectivity index (χ0v) is 13.8. The molecule has 2 unspecified atom stereocenters. The Morgan fingerprint density at radius 2 is 1.80 bits per heavy atom. The molecular weight excluding hydrogens is 246 g/mol. The molecule has 0 heterocycles. The molecule has 0 radical (unpaired) electrons. The molecule has 114 valence electrons. The highest BCUT2D eigenvalue weighted by Gasteiger charge is 2.31. The molecular formula is C18H31NO. The fourth-order valence-electron chi connectivity index (χ4n) is 2.78. The summed E-state index contributed by atoms with van der Waals surface area (Å²) < 4.78 is 5.80. The maximum Gasteiger partial charge on any atom is 0.0772 e. The molecule has 0 fully saturated rings. The summed E-state index contributed by atoms with van der Waals surface area (Å²) in [5.41, 5.74) is 1.55. The number of benzene rings is 1. The van der Waals surface area contributed by atoms with Crippen molar-refractivity contribution >= 4 is 0 Å². The molecule has 0 spiro atoms. The number of nitrogens with one attached hydrogen (secondary N) is 1. The third kappa shape index (κ3) is 5.64. The Morgan fingerprint density at radius 1 is 1.15 bits per heavy atom. The molecule has 0 amide bonds. The fourth-order valence-corrected chi connectivity index (χ4v) is 2.78. The molecule has 0 bridgehead atoms. The molecule has 0 aliphatic carbocycles. The Labute approximate surface area is 124 Å². The van der Waals surface area contributed by atoms with Gasteiger partial charge in [0.15, 0.2) is 0 Å². The standard InChI is InChI=1S/C18H31NO/c1-6-14-19-16(17(20-5)18(2,3)4)13-12-15-10-8-7-9-11-15/h7-11,16-17,19H,6,12-14H2,1-5H3. The Bertz CT molecular complexity index is 355. The Kier molecular flexibility index (Phi) is 7.25. The van der Waals surface area contributed by atoms with Crippen LogP contribution in [0.4, 0.5) is 0 Å². The summed E-state index contributed by atoms with van der Waals surface area (Å²) in [5, 5.41) is 3.67. The molecule has 1 aromatic carbocycles. The summed E-state index contributed by atoms with van der Waals surface area (Å²) >= 11 is 0. The molecule has 1 aromatic rings. The van der Waals surface area contributed by atoms with E-state index in [0.717, 1.165) is 25.8 Å². The van der Waals surface area contributed by atoms with E-state index in [1.807, 2.05) is 7.11 Å². The number of hydrogen-bond donors (Lipinski definition) is 1. The lowest BCUT2D eigenvalue weighted by molar-refractivity contribution is -0.0130. The monoisotopic (exact) mass is 277 g/mol. The van der Waals surface area contributed by atoms with Gasteiger partial charge in [0.2, 0.25) is 0 Å². The van der Waals surface area contributed by atoms with Crippen molar-refractivity contribution in [3.8, 4) is 0 Å². The quantitative estimate of drug-likeness (QED) is 0.774. The van der Waals surface area contributed by atoms with Crippen molar-refractivity contribution in [1.82, 2.24) is 5.32 Å². The number of ether oxygens (including phenoxy) is 1. The minimum atomic E-state index is 0.150. The maximum absolute atomic E-state index is 5.80. The Balaban J connectivity index is 2.68. The average molecular weight is 277 g/mol. The molecule has 0 aliphatic rings. The molecule has 2 nitrogen and oxygen atoms in total. The van der Waals surface area contributed by atoms with Crippen LogP contribution in [0.1, 0.15) is 46.1 Å². The molecule has 0 aromatic heterocycles. The van der Waals surface area contributed by atoms with E-state index >= 15 is 0 Å². The van der Waals surface area contributed by atoms with E-state index in [1.165, 1.54) is 5.56 Å². The topological polar surface area (TPSA) is 21.3 Å². The average Bonchev–Trinajstić information content (AvgIpc) is 2.41. The zero-order chi connectivity index (χ0) is 15.0. The minimum absolute atomic E-state index is 0.150. The van der Waals surface area contributed by atoms with Crippen molar-refractivity contribution in [3.05, 3.63) is 35.9 Å². The lowest BCUT2D eigenvalue weighted by atomic mass is 9.82. The van der Waals surface area contributed by atoms with Gasteiger partial charge in [0.1, 0.15) is 0 Å². The second-order valence-electron chi connectivity index (χ2n) is 6.61. The van der Waals surface area contributed by atoms with Crippen molar-refractivity contribution in [3.63, 3.8) is 0 Å². The largest absolute Gasteiger partial charge is 0.379 e. The van der Waals surface area contributed by atoms with Gasteiger partial charge in [0.05, 0.1) is 6.10 Å². The normalized spacial score (nSPS) is 15.1. The maximum atomic E-state index is 5.80. The third-order valence-corrected chi connectivity index (χ3v) is 3.72. The predicted octanol–water partition coefficient (Wildman–Crippen LogP) is 4.05. The van der Waals surface area contributed by atoms with Crippen LogP contribution >= 0.6 is 0 Å². The molecule has 2 heteroatoms. The van der Waals surface area contributed by atoms with Gasteiger partial charge in [0, 0.05) is 13.2 Å². The van der Waals surface area contributed by atoms with Crippen LogP contribution in [0.15, 0.2) is 30.3 Å². The van der Waals surface area contributed by atoms with Crippen molar-refractivity contribution in [2.75, 3.05) is 13.7 Å². The molecule has 2 atom stereocenters. The highest BCUT2D eigenvalue weighted by atomic mass is 16.5. The summed E-state index contributed by atoms with van der Waals surface area (Å²) in [6, 6.07) is 11.1. The van der Waals surface area contributed by atoms with Crippen molar-refractivity contribution < 1.29 is 4.74 Å². The Hall–Kier alpha value is -0.860. The summed E-state index contributed by atoms with van der Waals surface area (Å²) in [7, 11) is 1.83. The van der Waals surface area contributed by atoms with Gasteiger partial charge < -0.3 is 10.1 Å². The highest BCUT2D eigenvalue weighted by Crippen LogP contribution is 2.26. The number of aryl methyl sites for hydroxylation is 1. The number of methoxy groups -OCH3 is 1. The molecule has 0 saturated heterocycles. The first-order chi connectivity index (χ1) is 9.49. The number of rotatable bonds is 8. The van der Waals surface area contributed by atoms with Gasteiger partial charge in [-0.3, -0.25) is 0 Å². The van der Waals surface area contributed by atoms with Gasteiger partial charge in [0.25, 0.3) is 0 Å². The second-order valence-corrected chi connectivity index (χ2v) is 6.61. The summed E-state index contributed by atoms with van der Waals surface area (Å²) in [5.74, 6) is 0. The SMILES string of the molecule is CCCNC(CCc1ccccc1)C(OC)C(C)(C)C. The van der Waals surface area contributed by atoms with E-state index in [4.69, 9.17) is 4.74 Å². The zero-order valence-electron chi connectivity index (χ0n) is 13.8. The molecule has 0 aliphatic heterocycles. The molecule has 20 heavy (non-hydrogen) atoms. The fraction of sp³-hybridized carbons (Fsp3) is 0.667. The van der Waals surface area contributed by atoms with Crippen LogP contribution in [0.25, 0.3) is 0 Å². The van der Waals surface area contributed by atoms with Crippen molar-refractivity contribution in [1.29, 1.82) is 0 Å². The first-order valence-corrected chi connectivity index (χ1v) is 7.79. The van der Waals surface area contributed by atoms with Gasteiger partial charge >= 0.3 is 0 Å². The van der Waals surface area contributed by atoms with Gasteiger partial charge in [-0.05, 0) is 36.8 Å². The lowest BCUT2D eigenvalue weighted by Crippen LogP contribution is -2.48. The summed E-state index contributed by atoms with van der Waals surface area (Å²) in [6.07, 6.45) is 3.60. The summed E-state index contributed by atoms with van der Waals surface area (Å²) in [6.45, 7) is 10.0. The second kappa shape index (κ2) is 8.43. The summed E-state index contributed by atoms with van der Waals surface area (Å²) in [4.78, 5) is 0. The van der Waals surface area contributed by atoms with Crippen LogP contribution in [0.5, 0.6) is 0 Å². The van der Waals surface area contributed by atoms with E-state index in [1.54, 1.807) is 0 Å². The van der Waals surface area contributed by atoms with E-state index in [0.29, 0.717) is 6.04 Å². The van der Waals surface area contributed by atoms with E-state index in [2.05, 4.69) is 63.3 Å². The van der Waals surface area contributed by atoms with Crippen molar-refractivity contribution in [2.24, 2.45) is 5.41 Å². The van der Waals surface area contributed by atoms with Gasteiger partial charge in [-0.1, -0.05) is 58.0 Å². The highest BCUT2D eigenvalue weighted by molar-refractivity contribution is 5.15. The van der Waals surface area contributed by atoms with Gasteiger partial charge in [-0.25, -0.2) is 0 Å². The van der Waals surface area contributed by atoms with Crippen LogP contribution in [-0.2, 0) is 11.2 Å². The van der Waals surface area contributed by atoms with Crippen LogP contribution in [0.3, 0.4) is 0 Å². The number of hydrogen-bond acceptors (Lipinski definition) is 2. The van der Waals surface area contributed by atoms with E-state index in [-0.39, 0.29) is 11.5 Å². The van der Waals surface area contributed by atoms with Crippen LogP contribution in [0.2, 0.25) is 0 Å². The smallest absolute Gasteiger partial charge is 0.0772 e. The third-order valence-electron chi connectivity index (χ3n) is 3.72. The molecule has 1 N–H and O–H groups in total. The first kappa shape index (κ1) is 17.2. The van der Waals surface area contributed by atoms with Crippen LogP contribution < -0.4 is 5.32 Å². The lowest BCUT2D eigenvalue weighted by Gasteiger charge is -2.36. The van der Waals surface area contributed by atoms with Crippen LogP contribution in [0, 0.1) is 5.41 Å². The Morgan fingerprint density at radius 3 is 2.30 bits per heavy atom. The van der Waals surface area contributed by atoms with Crippen LogP contribution in [-0.4, -0.2) is 25.8 Å². The predicted molar refractivity (Wildman–Crippen MR) is 87.1 cm³/mol. The first-order valence-electron chi connectivity index (χ1n) is 7.79. The van der Waals surface area contributed by atoms with E-state index < -0.39 is 0 Å². The minimum Gasteiger partial charge on any atom is -0.379 e. The molecule has 1 rings (SSSR count). The van der Waals surface area contributed by atoms with E-state index in [9.17, 15) is 0 Å². The molecule has 0 saturated carbocycles.